The zero-order valence-corrected chi connectivity index (χ0v) is 49.6. The zero-order chi connectivity index (χ0) is 58.5. The molecule has 18 rings (SSSR count). The van der Waals surface area contributed by atoms with E-state index in [4.69, 9.17) is 0 Å². The number of benzene rings is 16. The first kappa shape index (κ1) is 51.6. The summed E-state index contributed by atoms with van der Waals surface area (Å²) in [6.45, 7) is 4.71. The number of nitrogens with zero attached hydrogens (tertiary/aromatic N) is 2. The van der Waals surface area contributed by atoms with E-state index in [9.17, 15) is 0 Å². The minimum atomic E-state index is 0.00106. The standard InChI is InChI=1S/C46H29NS.C39H29N/c1-2-8-30(9-3-1)32-16-20-36(21-17-32)47(37-22-18-31-10-4-5-11-34(31)28-37)38-23-25-39-35(29-38)15-14-33-19-24-41-40(45(33)39)26-27-44-46(41)42-12-6-7-13-43(42)48-44;1-39(2)35-16-10-9-15-34(35)38-33-21-19-26-17-18-27-25-30(20-22-31(27)37(26)32(33)23-24-36(38)39)40(28-11-5-3-6-12-28)29-13-7-4-8-14-29/h1-29H;3-25H,1-2H3. The molecule has 0 N–H and O–H groups in total. The van der Waals surface area contributed by atoms with Crippen molar-refractivity contribution in [2.45, 2.75) is 19.3 Å². The highest BCUT2D eigenvalue weighted by Gasteiger charge is 2.36. The summed E-state index contributed by atoms with van der Waals surface area (Å²) in [4.78, 5) is 4.72. The van der Waals surface area contributed by atoms with Crippen molar-refractivity contribution in [2.24, 2.45) is 0 Å². The maximum absolute atomic E-state index is 2.38. The first-order valence-corrected chi connectivity index (χ1v) is 31.3. The van der Waals surface area contributed by atoms with Crippen LogP contribution in [0.1, 0.15) is 25.0 Å². The summed E-state index contributed by atoms with van der Waals surface area (Å²) in [5.74, 6) is 0. The summed E-state index contributed by atoms with van der Waals surface area (Å²) in [5.41, 5.74) is 14.9. The molecule has 0 amide bonds. The molecule has 0 saturated carbocycles. The highest BCUT2D eigenvalue weighted by Crippen LogP contribution is 2.53. The Balaban J connectivity index is 0.000000139. The van der Waals surface area contributed by atoms with Gasteiger partial charge in [0.2, 0.25) is 0 Å². The van der Waals surface area contributed by atoms with Crippen LogP contribution in [0.2, 0.25) is 0 Å². The average Bonchev–Trinajstić information content (AvgIpc) is 1.62. The summed E-state index contributed by atoms with van der Waals surface area (Å²) in [7, 11) is 0. The van der Waals surface area contributed by atoms with Gasteiger partial charge in [-0.05, 0) is 194 Å². The highest BCUT2D eigenvalue weighted by atomic mass is 32.1. The first-order valence-electron chi connectivity index (χ1n) is 30.5. The monoisotopic (exact) mass is 1140 g/mol. The number of hydrogen-bond donors (Lipinski definition) is 0. The fraction of sp³-hybridized carbons (Fsp3) is 0.0353. The van der Waals surface area contributed by atoms with E-state index in [1.54, 1.807) is 0 Å². The fourth-order valence-electron chi connectivity index (χ4n) is 14.4. The molecule has 0 aliphatic heterocycles. The normalized spacial score (nSPS) is 12.5. The topological polar surface area (TPSA) is 6.48 Å². The van der Waals surface area contributed by atoms with Crippen LogP contribution in [0.4, 0.5) is 34.1 Å². The van der Waals surface area contributed by atoms with Crippen LogP contribution in [0.25, 0.3) is 118 Å². The van der Waals surface area contributed by atoms with Crippen LogP contribution in [0.5, 0.6) is 0 Å². The van der Waals surface area contributed by atoms with Gasteiger partial charge in [0.05, 0.1) is 0 Å². The summed E-state index contributed by atoms with van der Waals surface area (Å²) in [6, 6.07) is 115. The Morgan fingerprint density at radius 1 is 0.250 bits per heavy atom. The molecule has 88 heavy (non-hydrogen) atoms. The van der Waals surface area contributed by atoms with Crippen LogP contribution in [0.3, 0.4) is 0 Å². The van der Waals surface area contributed by atoms with E-state index >= 15 is 0 Å². The van der Waals surface area contributed by atoms with Crippen LogP contribution in [-0.4, -0.2) is 0 Å². The maximum Gasteiger partial charge on any atom is 0.0468 e. The minimum absolute atomic E-state index is 0.00106. The quantitative estimate of drug-likeness (QED) is 0.147. The van der Waals surface area contributed by atoms with Crippen molar-refractivity contribution in [3.63, 3.8) is 0 Å². The van der Waals surface area contributed by atoms with E-state index in [1.165, 1.54) is 129 Å². The van der Waals surface area contributed by atoms with Crippen molar-refractivity contribution in [2.75, 3.05) is 9.80 Å². The molecule has 1 aliphatic carbocycles. The second kappa shape index (κ2) is 20.7. The van der Waals surface area contributed by atoms with Gasteiger partial charge in [-0.1, -0.05) is 244 Å². The van der Waals surface area contributed by atoms with Crippen LogP contribution in [-0.2, 0) is 5.41 Å². The number of para-hydroxylation sites is 2. The van der Waals surface area contributed by atoms with Gasteiger partial charge >= 0.3 is 0 Å². The predicted molar refractivity (Wildman–Crippen MR) is 381 cm³/mol. The third-order valence-electron chi connectivity index (χ3n) is 18.6. The number of thiophene rings is 1. The second-order valence-corrected chi connectivity index (χ2v) is 25.0. The molecule has 2 nitrogen and oxygen atoms in total. The molecule has 0 radical (unpaired) electrons. The Morgan fingerprint density at radius 2 is 0.682 bits per heavy atom. The highest BCUT2D eigenvalue weighted by molar-refractivity contribution is 7.26. The number of rotatable bonds is 7. The smallest absolute Gasteiger partial charge is 0.0468 e. The lowest BCUT2D eigenvalue weighted by atomic mass is 9.82. The summed E-state index contributed by atoms with van der Waals surface area (Å²) >= 11 is 1.88. The van der Waals surface area contributed by atoms with Gasteiger partial charge in [0.25, 0.3) is 0 Å². The third kappa shape index (κ3) is 8.45. The molecule has 0 atom stereocenters. The van der Waals surface area contributed by atoms with E-state index < -0.39 is 0 Å². The first-order chi connectivity index (χ1) is 43.4. The molecule has 1 heterocycles. The van der Waals surface area contributed by atoms with Crippen molar-refractivity contribution in [3.8, 4) is 22.3 Å². The molecule has 0 saturated heterocycles. The van der Waals surface area contributed by atoms with Gasteiger partial charge in [-0.15, -0.1) is 11.3 Å². The Hall–Kier alpha value is -10.8. The van der Waals surface area contributed by atoms with Gasteiger partial charge in [0, 0.05) is 59.7 Å². The molecule has 0 fully saturated rings. The molecule has 16 aromatic carbocycles. The van der Waals surface area contributed by atoms with E-state index in [2.05, 4.69) is 339 Å². The van der Waals surface area contributed by atoms with Gasteiger partial charge < -0.3 is 9.80 Å². The average molecular weight is 1140 g/mol. The van der Waals surface area contributed by atoms with E-state index in [1.807, 2.05) is 11.3 Å². The molecular weight excluding hydrogens is 1080 g/mol. The lowest BCUT2D eigenvalue weighted by Gasteiger charge is -2.26. The van der Waals surface area contributed by atoms with Crippen molar-refractivity contribution >= 4 is 141 Å². The van der Waals surface area contributed by atoms with Gasteiger partial charge in [-0.3, -0.25) is 0 Å². The number of anilines is 6. The minimum Gasteiger partial charge on any atom is -0.310 e. The Labute approximate surface area is 515 Å². The Morgan fingerprint density at radius 3 is 1.36 bits per heavy atom. The number of hydrogen-bond acceptors (Lipinski definition) is 3. The van der Waals surface area contributed by atoms with Gasteiger partial charge in [0.1, 0.15) is 0 Å². The predicted octanol–water partition coefficient (Wildman–Crippen LogP) is 24.7. The van der Waals surface area contributed by atoms with Gasteiger partial charge in [0.15, 0.2) is 0 Å². The molecule has 0 spiro atoms. The summed E-state index contributed by atoms with van der Waals surface area (Å²) < 4.78 is 2.68. The van der Waals surface area contributed by atoms with E-state index in [0.29, 0.717) is 0 Å². The Bertz CT molecular complexity index is 5550. The lowest BCUT2D eigenvalue weighted by Crippen LogP contribution is -2.14. The summed E-state index contributed by atoms with van der Waals surface area (Å²) in [6.07, 6.45) is 0. The van der Waals surface area contributed by atoms with Gasteiger partial charge in [-0.25, -0.2) is 0 Å². The molecule has 3 heteroatoms. The van der Waals surface area contributed by atoms with E-state index in [-0.39, 0.29) is 5.41 Å². The van der Waals surface area contributed by atoms with Crippen molar-refractivity contribution in [1.82, 2.24) is 0 Å². The zero-order valence-electron chi connectivity index (χ0n) is 48.8. The van der Waals surface area contributed by atoms with Crippen molar-refractivity contribution in [3.05, 3.63) is 327 Å². The maximum atomic E-state index is 2.38. The third-order valence-corrected chi connectivity index (χ3v) is 19.7. The van der Waals surface area contributed by atoms with Crippen LogP contribution < -0.4 is 9.80 Å². The van der Waals surface area contributed by atoms with Crippen LogP contribution in [0.15, 0.2) is 315 Å². The fourth-order valence-corrected chi connectivity index (χ4v) is 15.5. The van der Waals surface area contributed by atoms with Crippen LogP contribution >= 0.6 is 11.3 Å². The van der Waals surface area contributed by atoms with Gasteiger partial charge in [-0.2, -0.15) is 0 Å². The van der Waals surface area contributed by atoms with Crippen molar-refractivity contribution < 1.29 is 0 Å². The molecule has 1 aliphatic rings. The SMILES string of the molecule is CC1(C)c2ccccc2-c2c1ccc1c2ccc2ccc3cc(N(c4ccccc4)c4ccccc4)ccc3c21.c1ccc(-c2ccc(N(c3ccc4ccccc4c3)c3ccc4c(ccc5ccc6c(ccc7sc8ccccc8c76)c54)c3)cc2)cc1. The largest absolute Gasteiger partial charge is 0.310 e. The van der Waals surface area contributed by atoms with E-state index in [0.717, 1.165) is 34.1 Å². The number of fused-ring (bicyclic) bond motifs is 19. The molecule has 414 valence electrons. The molecule has 1 aromatic heterocycles. The molecular formula is C85H58N2S. The van der Waals surface area contributed by atoms with Crippen LogP contribution in [0, 0.1) is 0 Å². The summed E-state index contributed by atoms with van der Waals surface area (Å²) in [5, 5.41) is 20.7. The lowest BCUT2D eigenvalue weighted by molar-refractivity contribution is 0.661. The molecule has 0 unspecified atom stereocenters. The Kier molecular flexibility index (Phi) is 12.1. The molecule has 0 bridgehead atoms. The second-order valence-electron chi connectivity index (χ2n) is 23.9. The van der Waals surface area contributed by atoms with Crippen molar-refractivity contribution in [1.29, 1.82) is 0 Å². The molecule has 17 aromatic rings.